The zero-order valence-electron chi connectivity index (χ0n) is 13.4. The first-order valence-electron chi connectivity index (χ1n) is 7.36. The third kappa shape index (κ3) is 2.51. The summed E-state index contributed by atoms with van der Waals surface area (Å²) in [6.07, 6.45) is 3.88. The second-order valence-electron chi connectivity index (χ2n) is 5.01. The molecule has 0 aliphatic carbocycles. The Kier molecular flexibility index (Phi) is 3.85. The molecule has 0 N–H and O–H groups in total. The van der Waals surface area contributed by atoms with Crippen molar-refractivity contribution in [2.75, 3.05) is 20.0 Å². The molecule has 0 aliphatic rings. The lowest BCUT2D eigenvalue weighted by molar-refractivity contribution is 0.340. The van der Waals surface area contributed by atoms with Crippen LogP contribution in [0.2, 0.25) is 0 Å². The van der Waals surface area contributed by atoms with E-state index in [1.165, 1.54) is 0 Å². The minimum atomic E-state index is 0.574. The van der Waals surface area contributed by atoms with Crippen LogP contribution < -0.4 is 9.47 Å². The number of imidazole rings is 1. The predicted octanol–water partition coefficient (Wildman–Crippen LogP) is 4.33. The summed E-state index contributed by atoms with van der Waals surface area (Å²) in [6, 6.07) is 5.66. The molecule has 0 atom stereocenters. The number of rotatable bonds is 5. The van der Waals surface area contributed by atoms with Gasteiger partial charge in [0.1, 0.15) is 22.8 Å². The van der Waals surface area contributed by atoms with E-state index in [1.54, 1.807) is 34.7 Å². The highest BCUT2D eigenvalue weighted by atomic mass is 32.2. The number of hydrogen-bond acceptors (Lipinski definition) is 7. The molecule has 6 nitrogen and oxygen atoms in total. The molecule has 0 amide bonds. The molecule has 3 heterocycles. The Morgan fingerprint density at radius 1 is 1.33 bits per heavy atom. The van der Waals surface area contributed by atoms with E-state index >= 15 is 0 Å². The first kappa shape index (κ1) is 15.3. The average Bonchev–Trinajstić information content (AvgIpc) is 3.26. The molecule has 0 aliphatic heterocycles. The number of benzene rings is 1. The van der Waals surface area contributed by atoms with Crippen LogP contribution in [0.3, 0.4) is 0 Å². The van der Waals surface area contributed by atoms with Gasteiger partial charge < -0.3 is 13.9 Å². The van der Waals surface area contributed by atoms with E-state index in [-0.39, 0.29) is 0 Å². The normalized spacial score (nSPS) is 11.5. The maximum absolute atomic E-state index is 5.97. The standard InChI is InChI=1S/C16H15N3O3S2/c1-4-21-12-5-9(20-2)6-13-10(12)7-14(22-13)11-8-19-15(17-11)24-16(18-19)23-3/h5-8H,4H2,1-3H3. The highest BCUT2D eigenvalue weighted by Crippen LogP contribution is 2.37. The molecule has 4 aromatic rings. The lowest BCUT2D eigenvalue weighted by atomic mass is 10.2. The summed E-state index contributed by atoms with van der Waals surface area (Å²) < 4.78 is 19.8. The molecular formula is C16H15N3O3S2. The van der Waals surface area contributed by atoms with E-state index in [0.717, 1.165) is 26.1 Å². The van der Waals surface area contributed by atoms with E-state index in [4.69, 9.17) is 13.9 Å². The van der Waals surface area contributed by atoms with Crippen molar-refractivity contribution in [1.82, 2.24) is 14.6 Å². The SMILES string of the molecule is CCOc1cc(OC)cc2oc(-c3cn4nc(SC)sc4n3)cc12. The number of ether oxygens (including phenoxy) is 2. The Balaban J connectivity index is 1.82. The summed E-state index contributed by atoms with van der Waals surface area (Å²) in [5, 5.41) is 5.36. The van der Waals surface area contributed by atoms with Crippen molar-refractivity contribution < 1.29 is 13.9 Å². The molecule has 0 spiro atoms. The smallest absolute Gasteiger partial charge is 0.213 e. The van der Waals surface area contributed by atoms with Gasteiger partial charge in [-0.05, 0) is 19.2 Å². The van der Waals surface area contributed by atoms with Crippen molar-refractivity contribution in [3.8, 4) is 23.0 Å². The molecule has 4 rings (SSSR count). The van der Waals surface area contributed by atoms with Crippen LogP contribution in [0.25, 0.3) is 27.4 Å². The van der Waals surface area contributed by atoms with Crippen LogP contribution in [0.15, 0.2) is 33.2 Å². The fourth-order valence-corrected chi connectivity index (χ4v) is 3.83. The molecule has 8 heteroatoms. The van der Waals surface area contributed by atoms with E-state index in [9.17, 15) is 0 Å². The lowest BCUT2D eigenvalue weighted by Gasteiger charge is -2.06. The van der Waals surface area contributed by atoms with Gasteiger partial charge in [-0.1, -0.05) is 23.1 Å². The van der Waals surface area contributed by atoms with Gasteiger partial charge in [0.05, 0.1) is 25.3 Å². The van der Waals surface area contributed by atoms with Gasteiger partial charge in [-0.25, -0.2) is 9.50 Å². The average molecular weight is 361 g/mol. The summed E-state index contributed by atoms with van der Waals surface area (Å²) in [4.78, 5) is 5.45. The van der Waals surface area contributed by atoms with Gasteiger partial charge in [0, 0.05) is 12.1 Å². The molecular weight excluding hydrogens is 346 g/mol. The van der Waals surface area contributed by atoms with Crippen molar-refractivity contribution >= 4 is 39.0 Å². The van der Waals surface area contributed by atoms with Gasteiger partial charge in [-0.2, -0.15) is 0 Å². The van der Waals surface area contributed by atoms with Crippen molar-refractivity contribution in [2.24, 2.45) is 0 Å². The zero-order chi connectivity index (χ0) is 16.7. The molecule has 0 radical (unpaired) electrons. The van der Waals surface area contributed by atoms with Crippen molar-refractivity contribution in [3.05, 3.63) is 24.4 Å². The maximum Gasteiger partial charge on any atom is 0.213 e. The van der Waals surface area contributed by atoms with E-state index in [0.29, 0.717) is 23.7 Å². The number of thioether (sulfide) groups is 1. The first-order valence-corrected chi connectivity index (χ1v) is 9.41. The van der Waals surface area contributed by atoms with E-state index in [2.05, 4.69) is 10.1 Å². The quantitative estimate of drug-likeness (QED) is 0.493. The Morgan fingerprint density at radius 2 is 2.21 bits per heavy atom. The number of hydrogen-bond donors (Lipinski definition) is 0. The lowest BCUT2D eigenvalue weighted by Crippen LogP contribution is -1.92. The number of methoxy groups -OCH3 is 1. The van der Waals surface area contributed by atoms with Crippen LogP contribution in [0.5, 0.6) is 11.5 Å². The second kappa shape index (κ2) is 6.03. The zero-order valence-corrected chi connectivity index (χ0v) is 15.0. The summed E-state index contributed by atoms with van der Waals surface area (Å²) in [6.45, 7) is 2.52. The topological polar surface area (TPSA) is 61.8 Å². The molecule has 1 aromatic carbocycles. The van der Waals surface area contributed by atoms with E-state index in [1.807, 2.05) is 37.6 Å². The largest absolute Gasteiger partial charge is 0.496 e. The van der Waals surface area contributed by atoms with Crippen molar-refractivity contribution in [2.45, 2.75) is 11.3 Å². The first-order chi connectivity index (χ1) is 11.7. The second-order valence-corrected chi connectivity index (χ2v) is 7.02. The van der Waals surface area contributed by atoms with Gasteiger partial charge in [-0.3, -0.25) is 0 Å². The van der Waals surface area contributed by atoms with Crippen LogP contribution in [-0.2, 0) is 0 Å². The minimum absolute atomic E-state index is 0.574. The number of nitrogens with zero attached hydrogens (tertiary/aromatic N) is 3. The molecule has 0 fully saturated rings. The number of aromatic nitrogens is 3. The summed E-state index contributed by atoms with van der Waals surface area (Å²) in [7, 11) is 1.62. The summed E-state index contributed by atoms with van der Waals surface area (Å²) in [5.74, 6) is 2.12. The van der Waals surface area contributed by atoms with Crippen LogP contribution >= 0.6 is 23.1 Å². The van der Waals surface area contributed by atoms with Crippen molar-refractivity contribution in [1.29, 1.82) is 0 Å². The fourth-order valence-electron chi connectivity index (χ4n) is 2.48. The number of furan rings is 1. The van der Waals surface area contributed by atoms with Gasteiger partial charge in [0.25, 0.3) is 0 Å². The van der Waals surface area contributed by atoms with Crippen LogP contribution in [0.1, 0.15) is 6.92 Å². The Hall–Kier alpha value is -2.19. The van der Waals surface area contributed by atoms with E-state index < -0.39 is 0 Å². The van der Waals surface area contributed by atoms with Gasteiger partial charge in [-0.15, -0.1) is 5.10 Å². The fraction of sp³-hybridized carbons (Fsp3) is 0.250. The molecule has 124 valence electrons. The third-order valence-electron chi connectivity index (χ3n) is 3.56. The highest BCUT2D eigenvalue weighted by molar-refractivity contribution is 8.00. The number of fused-ring (bicyclic) bond motifs is 2. The van der Waals surface area contributed by atoms with Crippen LogP contribution in [0, 0.1) is 0 Å². The molecule has 0 saturated heterocycles. The maximum atomic E-state index is 5.97. The molecule has 3 aromatic heterocycles. The summed E-state index contributed by atoms with van der Waals surface area (Å²) >= 11 is 3.16. The van der Waals surface area contributed by atoms with Crippen LogP contribution in [0.4, 0.5) is 0 Å². The predicted molar refractivity (Wildman–Crippen MR) is 95.6 cm³/mol. The van der Waals surface area contributed by atoms with Gasteiger partial charge in [0.15, 0.2) is 10.1 Å². The van der Waals surface area contributed by atoms with Gasteiger partial charge in [0.2, 0.25) is 4.96 Å². The molecule has 0 bridgehead atoms. The Labute approximate surface area is 146 Å². The minimum Gasteiger partial charge on any atom is -0.496 e. The Morgan fingerprint density at radius 3 is 2.92 bits per heavy atom. The highest BCUT2D eigenvalue weighted by Gasteiger charge is 2.16. The summed E-state index contributed by atoms with van der Waals surface area (Å²) in [5.41, 5.74) is 1.46. The molecule has 0 unspecified atom stereocenters. The molecule has 24 heavy (non-hydrogen) atoms. The third-order valence-corrected chi connectivity index (χ3v) is 5.46. The monoisotopic (exact) mass is 361 g/mol. The molecule has 0 saturated carbocycles. The van der Waals surface area contributed by atoms with Crippen LogP contribution in [-0.4, -0.2) is 34.6 Å². The van der Waals surface area contributed by atoms with Crippen molar-refractivity contribution in [3.63, 3.8) is 0 Å². The van der Waals surface area contributed by atoms with Gasteiger partial charge >= 0.3 is 0 Å². The Bertz CT molecular complexity index is 987.